The fourth-order valence-corrected chi connectivity index (χ4v) is 2.11. The number of benzene rings is 1. The number of thiocarbonyl (C=S) groups is 1. The van der Waals surface area contributed by atoms with E-state index in [2.05, 4.69) is 4.98 Å². The lowest BCUT2D eigenvalue weighted by Gasteiger charge is -2.13. The maximum Gasteiger partial charge on any atom is 0.229 e. The number of hydrogen-bond donors (Lipinski definition) is 1. The summed E-state index contributed by atoms with van der Waals surface area (Å²) in [5.41, 5.74) is 7.27. The first-order valence-electron chi connectivity index (χ1n) is 6.21. The summed E-state index contributed by atoms with van der Waals surface area (Å²) in [6.45, 7) is 1.90. The Morgan fingerprint density at radius 2 is 1.67 bits per heavy atom. The van der Waals surface area contributed by atoms with Gasteiger partial charge in [-0.2, -0.15) is 0 Å². The highest BCUT2D eigenvalue weighted by molar-refractivity contribution is 7.80. The van der Waals surface area contributed by atoms with Crippen LogP contribution in [0.25, 0.3) is 0 Å². The topological polar surface area (TPSA) is 66.6 Å². The van der Waals surface area contributed by atoms with Gasteiger partial charge in [0.15, 0.2) is 0 Å². The first kappa shape index (κ1) is 15.1. The number of aromatic nitrogens is 1. The van der Waals surface area contributed by atoms with Crippen molar-refractivity contribution in [1.29, 1.82) is 0 Å². The van der Waals surface area contributed by atoms with E-state index in [-0.39, 0.29) is 4.99 Å². The molecule has 6 heteroatoms. The van der Waals surface area contributed by atoms with Crippen LogP contribution < -0.4 is 19.9 Å². The Bertz CT molecular complexity index is 652. The molecule has 0 fully saturated rings. The van der Waals surface area contributed by atoms with Gasteiger partial charge in [0.1, 0.15) is 22.2 Å². The third-order valence-corrected chi connectivity index (χ3v) is 3.11. The molecule has 0 amide bonds. The minimum Gasteiger partial charge on any atom is -0.496 e. The summed E-state index contributed by atoms with van der Waals surface area (Å²) in [6, 6.07) is 7.05. The molecule has 1 aromatic carbocycles. The number of methoxy groups -OCH3 is 2. The van der Waals surface area contributed by atoms with Crippen molar-refractivity contribution in [3.05, 3.63) is 41.6 Å². The van der Waals surface area contributed by atoms with Gasteiger partial charge in [0.2, 0.25) is 5.88 Å². The quantitative estimate of drug-likeness (QED) is 0.857. The molecule has 2 N–H and O–H groups in total. The molecule has 2 aromatic rings. The summed E-state index contributed by atoms with van der Waals surface area (Å²) >= 11 is 5.06. The van der Waals surface area contributed by atoms with Gasteiger partial charge >= 0.3 is 0 Å². The number of nitrogens with zero attached hydrogens (tertiary/aromatic N) is 1. The molecule has 0 saturated carbocycles. The van der Waals surface area contributed by atoms with E-state index < -0.39 is 0 Å². The van der Waals surface area contributed by atoms with Crippen LogP contribution in [0.5, 0.6) is 23.1 Å². The van der Waals surface area contributed by atoms with E-state index in [9.17, 15) is 0 Å². The largest absolute Gasteiger partial charge is 0.496 e. The lowest BCUT2D eigenvalue weighted by molar-refractivity contribution is 0.385. The standard InChI is InChI=1S/C15H16N2O3S/c1-9-4-5-17-15(13(9)14(16)21)20-12-7-10(18-2)6-11(8-12)19-3/h4-8H,1-3H3,(H2,16,21). The molecule has 21 heavy (non-hydrogen) atoms. The third-order valence-electron chi connectivity index (χ3n) is 2.91. The van der Waals surface area contributed by atoms with Gasteiger partial charge in [-0.3, -0.25) is 0 Å². The SMILES string of the molecule is COc1cc(OC)cc(Oc2nccc(C)c2C(N)=S)c1. The normalized spacial score (nSPS) is 10.0. The Morgan fingerprint density at radius 1 is 1.10 bits per heavy atom. The second-order valence-electron chi connectivity index (χ2n) is 4.32. The maximum atomic E-state index is 5.80. The number of rotatable bonds is 5. The summed E-state index contributed by atoms with van der Waals surface area (Å²) in [6.07, 6.45) is 1.64. The van der Waals surface area contributed by atoms with Crippen molar-refractivity contribution in [3.63, 3.8) is 0 Å². The smallest absolute Gasteiger partial charge is 0.229 e. The molecule has 1 heterocycles. The molecule has 0 saturated heterocycles. The third kappa shape index (κ3) is 3.41. The van der Waals surface area contributed by atoms with Crippen LogP contribution in [-0.2, 0) is 0 Å². The van der Waals surface area contributed by atoms with E-state index in [1.807, 2.05) is 13.0 Å². The van der Waals surface area contributed by atoms with Crippen molar-refractivity contribution in [3.8, 4) is 23.1 Å². The monoisotopic (exact) mass is 304 g/mol. The summed E-state index contributed by atoms with van der Waals surface area (Å²) in [4.78, 5) is 4.44. The van der Waals surface area contributed by atoms with Gasteiger partial charge in [-0.05, 0) is 18.6 Å². The highest BCUT2D eigenvalue weighted by Crippen LogP contribution is 2.31. The van der Waals surface area contributed by atoms with E-state index >= 15 is 0 Å². The molecular weight excluding hydrogens is 288 g/mol. The van der Waals surface area contributed by atoms with Crippen LogP contribution in [0.3, 0.4) is 0 Å². The Labute approximate surface area is 128 Å². The number of aryl methyl sites for hydroxylation is 1. The number of pyridine rings is 1. The van der Waals surface area contributed by atoms with Crippen molar-refractivity contribution in [2.45, 2.75) is 6.92 Å². The van der Waals surface area contributed by atoms with E-state index in [0.29, 0.717) is 28.7 Å². The molecule has 0 unspecified atom stereocenters. The summed E-state index contributed by atoms with van der Waals surface area (Å²) in [5.74, 6) is 2.13. The molecular formula is C15H16N2O3S. The zero-order valence-corrected chi connectivity index (χ0v) is 12.9. The molecule has 0 spiro atoms. The summed E-state index contributed by atoms with van der Waals surface area (Å²) in [7, 11) is 3.15. The van der Waals surface area contributed by atoms with Crippen LogP contribution in [0.1, 0.15) is 11.1 Å². The second kappa shape index (κ2) is 6.41. The zero-order valence-electron chi connectivity index (χ0n) is 12.0. The van der Waals surface area contributed by atoms with Gasteiger partial charge < -0.3 is 19.9 Å². The maximum absolute atomic E-state index is 5.80. The van der Waals surface area contributed by atoms with Crippen LogP contribution >= 0.6 is 12.2 Å². The van der Waals surface area contributed by atoms with E-state index in [0.717, 1.165) is 5.56 Å². The van der Waals surface area contributed by atoms with Crippen molar-refractivity contribution < 1.29 is 14.2 Å². The van der Waals surface area contributed by atoms with Crippen molar-refractivity contribution in [2.75, 3.05) is 14.2 Å². The van der Waals surface area contributed by atoms with E-state index in [1.54, 1.807) is 38.6 Å². The lowest BCUT2D eigenvalue weighted by atomic mass is 10.1. The van der Waals surface area contributed by atoms with Crippen LogP contribution in [0.2, 0.25) is 0 Å². The molecule has 0 bridgehead atoms. The Morgan fingerprint density at radius 3 is 2.19 bits per heavy atom. The first-order chi connectivity index (χ1) is 10.0. The zero-order chi connectivity index (χ0) is 15.4. The Balaban J connectivity index is 2.43. The predicted octanol–water partition coefficient (Wildman–Crippen LogP) is 2.83. The van der Waals surface area contributed by atoms with Crippen molar-refractivity contribution in [2.24, 2.45) is 5.73 Å². The van der Waals surface area contributed by atoms with Gasteiger partial charge in [0.05, 0.1) is 19.8 Å². The molecule has 0 radical (unpaired) electrons. The molecule has 2 rings (SSSR count). The number of ether oxygens (including phenoxy) is 3. The second-order valence-corrected chi connectivity index (χ2v) is 4.76. The first-order valence-corrected chi connectivity index (χ1v) is 6.62. The fraction of sp³-hybridized carbons (Fsp3) is 0.200. The van der Waals surface area contributed by atoms with E-state index in [4.69, 9.17) is 32.2 Å². The average Bonchev–Trinajstić information content (AvgIpc) is 2.46. The minimum atomic E-state index is 0.241. The molecule has 0 aliphatic rings. The van der Waals surface area contributed by atoms with Crippen molar-refractivity contribution >= 4 is 17.2 Å². The number of nitrogens with two attached hydrogens (primary N) is 1. The molecule has 0 atom stereocenters. The molecule has 5 nitrogen and oxygen atoms in total. The van der Waals surface area contributed by atoms with Gasteiger partial charge in [0, 0.05) is 24.4 Å². The summed E-state index contributed by atoms with van der Waals surface area (Å²) in [5, 5.41) is 0. The minimum absolute atomic E-state index is 0.241. The molecule has 0 aliphatic carbocycles. The van der Waals surface area contributed by atoms with Gasteiger partial charge in [-0.25, -0.2) is 4.98 Å². The fourth-order valence-electron chi connectivity index (χ4n) is 1.86. The average molecular weight is 304 g/mol. The van der Waals surface area contributed by atoms with Gasteiger partial charge in [-0.1, -0.05) is 12.2 Å². The highest BCUT2D eigenvalue weighted by atomic mass is 32.1. The molecule has 110 valence electrons. The van der Waals surface area contributed by atoms with Crippen LogP contribution in [0.4, 0.5) is 0 Å². The van der Waals surface area contributed by atoms with Crippen LogP contribution in [-0.4, -0.2) is 24.2 Å². The molecule has 1 aromatic heterocycles. The lowest BCUT2D eigenvalue weighted by Crippen LogP contribution is -2.13. The Hall–Kier alpha value is -2.34. The molecule has 0 aliphatic heterocycles. The van der Waals surface area contributed by atoms with Crippen LogP contribution in [0, 0.1) is 6.92 Å². The summed E-state index contributed by atoms with van der Waals surface area (Å²) < 4.78 is 16.2. The Kier molecular flexibility index (Phi) is 4.59. The highest BCUT2D eigenvalue weighted by Gasteiger charge is 2.13. The van der Waals surface area contributed by atoms with Gasteiger partial charge in [-0.15, -0.1) is 0 Å². The van der Waals surface area contributed by atoms with Crippen molar-refractivity contribution in [1.82, 2.24) is 4.98 Å². The van der Waals surface area contributed by atoms with Crippen LogP contribution in [0.15, 0.2) is 30.5 Å². The predicted molar refractivity (Wildman–Crippen MR) is 84.5 cm³/mol. The van der Waals surface area contributed by atoms with Gasteiger partial charge in [0.25, 0.3) is 0 Å². The number of hydrogen-bond acceptors (Lipinski definition) is 5. The van der Waals surface area contributed by atoms with E-state index in [1.165, 1.54) is 0 Å².